The average molecular weight is 493 g/mol. The van der Waals surface area contributed by atoms with Gasteiger partial charge in [-0.2, -0.15) is 0 Å². The topological polar surface area (TPSA) is 122 Å². The lowest BCUT2D eigenvalue weighted by Crippen LogP contribution is -2.27. The Morgan fingerprint density at radius 1 is 1.17 bits per heavy atom. The molecule has 0 saturated heterocycles. The number of benzene rings is 2. The van der Waals surface area contributed by atoms with Crippen molar-refractivity contribution in [1.82, 2.24) is 15.3 Å². The number of nitrogen functional groups attached to an aromatic ring is 1. The highest BCUT2D eigenvalue weighted by Crippen LogP contribution is 2.40. The second-order valence-electron chi connectivity index (χ2n) is 8.50. The third kappa shape index (κ3) is 5.48. The molecule has 0 spiro atoms. The summed E-state index contributed by atoms with van der Waals surface area (Å²) < 4.78 is 29.3. The van der Waals surface area contributed by atoms with Crippen LogP contribution >= 0.6 is 0 Å². The first kappa shape index (κ1) is 24.8. The SMILES string of the molecule is C=CC(=O)NCCNc1c(N)ncnc1-c1cc(F)cc(NC(=O)c2ccc(C3CC3)cc2F)c1C. The van der Waals surface area contributed by atoms with Gasteiger partial charge in [0.15, 0.2) is 5.82 Å². The first-order chi connectivity index (χ1) is 17.3. The maximum Gasteiger partial charge on any atom is 0.258 e. The molecule has 2 aromatic carbocycles. The lowest BCUT2D eigenvalue weighted by Gasteiger charge is -2.17. The molecule has 1 heterocycles. The summed E-state index contributed by atoms with van der Waals surface area (Å²) in [5.74, 6) is -1.78. The highest BCUT2D eigenvalue weighted by atomic mass is 19.1. The first-order valence-corrected chi connectivity index (χ1v) is 11.4. The third-order valence-corrected chi connectivity index (χ3v) is 5.95. The van der Waals surface area contributed by atoms with E-state index < -0.39 is 17.5 Å². The molecule has 36 heavy (non-hydrogen) atoms. The smallest absolute Gasteiger partial charge is 0.258 e. The predicted octanol–water partition coefficient (Wildman–Crippen LogP) is 4.16. The van der Waals surface area contributed by atoms with E-state index in [4.69, 9.17) is 5.73 Å². The Labute approximate surface area is 207 Å². The van der Waals surface area contributed by atoms with Crippen molar-refractivity contribution in [3.63, 3.8) is 0 Å². The molecule has 4 rings (SSSR count). The van der Waals surface area contributed by atoms with Gasteiger partial charge < -0.3 is 21.7 Å². The van der Waals surface area contributed by atoms with Crippen molar-refractivity contribution in [3.05, 3.63) is 77.6 Å². The summed E-state index contributed by atoms with van der Waals surface area (Å²) in [5, 5.41) is 8.30. The number of nitrogens with one attached hydrogen (secondary N) is 3. The zero-order chi connectivity index (χ0) is 25.8. The van der Waals surface area contributed by atoms with Crippen molar-refractivity contribution in [2.24, 2.45) is 0 Å². The fourth-order valence-electron chi connectivity index (χ4n) is 3.85. The van der Waals surface area contributed by atoms with Crippen LogP contribution in [0.2, 0.25) is 0 Å². The van der Waals surface area contributed by atoms with Crippen LogP contribution in [0, 0.1) is 18.6 Å². The first-order valence-electron chi connectivity index (χ1n) is 11.4. The van der Waals surface area contributed by atoms with Crippen molar-refractivity contribution in [2.45, 2.75) is 25.7 Å². The fraction of sp³-hybridized carbons (Fsp3) is 0.231. The lowest BCUT2D eigenvalue weighted by atomic mass is 10.0. The van der Waals surface area contributed by atoms with Gasteiger partial charge in [-0.3, -0.25) is 9.59 Å². The summed E-state index contributed by atoms with van der Waals surface area (Å²) in [6, 6.07) is 7.01. The number of nitrogens with zero attached hydrogens (tertiary/aromatic N) is 2. The van der Waals surface area contributed by atoms with E-state index in [-0.39, 0.29) is 36.1 Å². The molecule has 1 fully saturated rings. The van der Waals surface area contributed by atoms with E-state index in [2.05, 4.69) is 32.5 Å². The fourth-order valence-corrected chi connectivity index (χ4v) is 3.85. The number of anilines is 3. The zero-order valence-corrected chi connectivity index (χ0v) is 19.7. The molecule has 0 aliphatic heterocycles. The van der Waals surface area contributed by atoms with Crippen LogP contribution in [0.1, 0.15) is 40.2 Å². The van der Waals surface area contributed by atoms with Crippen molar-refractivity contribution >= 4 is 29.0 Å². The predicted molar refractivity (Wildman–Crippen MR) is 135 cm³/mol. The molecule has 10 heteroatoms. The van der Waals surface area contributed by atoms with E-state index in [1.807, 2.05) is 0 Å². The maximum atomic E-state index is 14.7. The largest absolute Gasteiger partial charge is 0.382 e. The monoisotopic (exact) mass is 492 g/mol. The van der Waals surface area contributed by atoms with E-state index in [0.29, 0.717) is 28.4 Å². The summed E-state index contributed by atoms with van der Waals surface area (Å²) in [4.78, 5) is 32.5. The lowest BCUT2D eigenvalue weighted by molar-refractivity contribution is -0.116. The van der Waals surface area contributed by atoms with Crippen LogP contribution < -0.4 is 21.7 Å². The summed E-state index contributed by atoms with van der Waals surface area (Å²) in [6.07, 6.45) is 4.44. The van der Waals surface area contributed by atoms with Crippen molar-refractivity contribution < 1.29 is 18.4 Å². The molecule has 1 aliphatic carbocycles. The van der Waals surface area contributed by atoms with Crippen molar-refractivity contribution in [1.29, 1.82) is 0 Å². The number of halogens is 2. The molecule has 8 nitrogen and oxygen atoms in total. The van der Waals surface area contributed by atoms with E-state index >= 15 is 0 Å². The molecular weight excluding hydrogens is 466 g/mol. The molecule has 1 aliphatic rings. The summed E-state index contributed by atoms with van der Waals surface area (Å²) >= 11 is 0. The van der Waals surface area contributed by atoms with E-state index in [0.717, 1.165) is 30.5 Å². The van der Waals surface area contributed by atoms with Crippen LogP contribution in [0.15, 0.2) is 49.3 Å². The molecule has 3 aromatic rings. The van der Waals surface area contributed by atoms with Crippen LogP contribution in [0.4, 0.5) is 26.0 Å². The van der Waals surface area contributed by atoms with Crippen LogP contribution in [-0.4, -0.2) is 34.9 Å². The highest BCUT2D eigenvalue weighted by Gasteiger charge is 2.25. The second kappa shape index (κ2) is 10.5. The number of carbonyl (C=O) groups is 2. The van der Waals surface area contributed by atoms with Gasteiger partial charge in [0.2, 0.25) is 5.91 Å². The molecule has 0 radical (unpaired) electrons. The van der Waals surface area contributed by atoms with Gasteiger partial charge in [0.1, 0.15) is 23.6 Å². The van der Waals surface area contributed by atoms with Gasteiger partial charge in [-0.15, -0.1) is 0 Å². The van der Waals surface area contributed by atoms with Gasteiger partial charge in [0.05, 0.1) is 11.3 Å². The van der Waals surface area contributed by atoms with Crippen molar-refractivity contribution in [3.8, 4) is 11.3 Å². The maximum absolute atomic E-state index is 14.7. The van der Waals surface area contributed by atoms with Crippen LogP contribution in [0.3, 0.4) is 0 Å². The Balaban J connectivity index is 1.60. The Hall–Kier alpha value is -4.34. The molecule has 1 aromatic heterocycles. The van der Waals surface area contributed by atoms with Crippen LogP contribution in [0.25, 0.3) is 11.3 Å². The molecule has 5 N–H and O–H groups in total. The summed E-state index contributed by atoms with van der Waals surface area (Å²) in [6.45, 7) is 5.64. The Morgan fingerprint density at radius 3 is 2.64 bits per heavy atom. The molecule has 0 atom stereocenters. The Morgan fingerprint density at radius 2 is 1.94 bits per heavy atom. The van der Waals surface area contributed by atoms with Crippen molar-refractivity contribution in [2.75, 3.05) is 29.5 Å². The van der Waals surface area contributed by atoms with Gasteiger partial charge in [-0.25, -0.2) is 18.7 Å². The van der Waals surface area contributed by atoms with Gasteiger partial charge in [-0.1, -0.05) is 12.6 Å². The Bertz CT molecular complexity index is 1340. The van der Waals surface area contributed by atoms with Crippen LogP contribution in [-0.2, 0) is 4.79 Å². The highest BCUT2D eigenvalue weighted by molar-refractivity contribution is 6.05. The summed E-state index contributed by atoms with van der Waals surface area (Å²) in [5.41, 5.74) is 8.48. The van der Waals surface area contributed by atoms with Gasteiger partial charge in [-0.05, 0) is 67.2 Å². The average Bonchev–Trinajstić information content (AvgIpc) is 3.70. The Kier molecular flexibility index (Phi) is 7.23. The van der Waals surface area contributed by atoms with E-state index in [1.54, 1.807) is 13.0 Å². The minimum Gasteiger partial charge on any atom is -0.382 e. The number of rotatable bonds is 9. The number of hydrogen-bond acceptors (Lipinski definition) is 6. The second-order valence-corrected chi connectivity index (χ2v) is 8.50. The molecule has 2 amide bonds. The number of hydrogen-bond donors (Lipinski definition) is 4. The number of aromatic nitrogens is 2. The van der Waals surface area contributed by atoms with Crippen LogP contribution in [0.5, 0.6) is 0 Å². The summed E-state index contributed by atoms with van der Waals surface area (Å²) in [7, 11) is 0. The van der Waals surface area contributed by atoms with Gasteiger partial charge in [0.25, 0.3) is 5.91 Å². The molecule has 1 saturated carbocycles. The molecule has 186 valence electrons. The third-order valence-electron chi connectivity index (χ3n) is 5.95. The van der Waals surface area contributed by atoms with Gasteiger partial charge in [0, 0.05) is 24.3 Å². The molecule has 0 bridgehead atoms. The number of amides is 2. The minimum atomic E-state index is -0.687. The molecule has 0 unspecified atom stereocenters. The number of carbonyl (C=O) groups excluding carboxylic acids is 2. The number of nitrogens with two attached hydrogens (primary N) is 1. The quantitative estimate of drug-likeness (QED) is 0.263. The standard InChI is InChI=1S/C26H26F2N6O2/c1-3-22(35)30-8-9-31-24-23(32-13-33-25(24)29)19-11-17(27)12-21(14(19)2)34-26(36)18-7-6-16(10-20(18)28)15-4-5-15/h3,6-7,10-13,15,31H,1,4-5,8-9H2,2H3,(H,30,35)(H,34,36)(H2,29,32,33). The zero-order valence-electron chi connectivity index (χ0n) is 19.7. The van der Waals surface area contributed by atoms with Gasteiger partial charge >= 0.3 is 0 Å². The normalized spacial score (nSPS) is 12.6. The van der Waals surface area contributed by atoms with E-state index in [9.17, 15) is 18.4 Å². The minimum absolute atomic E-state index is 0.125. The van der Waals surface area contributed by atoms with E-state index in [1.165, 1.54) is 24.5 Å². The molecular formula is C26H26F2N6O2.